The molecule has 2 saturated heterocycles. The average Bonchev–Trinajstić information content (AvgIpc) is 2.98. The van der Waals surface area contributed by atoms with Crippen LogP contribution in [-0.4, -0.2) is 24.4 Å². The normalized spacial score (nSPS) is 32.3. The molecule has 2 fully saturated rings. The van der Waals surface area contributed by atoms with Crippen LogP contribution in [0.3, 0.4) is 0 Å². The van der Waals surface area contributed by atoms with Gasteiger partial charge in [0, 0.05) is 34.1 Å². The van der Waals surface area contributed by atoms with Crippen molar-refractivity contribution in [1.82, 2.24) is 4.67 Å². The van der Waals surface area contributed by atoms with Crippen LogP contribution in [0.5, 0.6) is 0 Å². The van der Waals surface area contributed by atoms with Gasteiger partial charge in [-0.05, 0) is 25.0 Å². The molecule has 0 radical (unpaired) electrons. The number of benzene rings is 1. The minimum atomic E-state index is -3.29. The molecule has 3 rings (SSSR count). The molecule has 4 nitrogen and oxygen atoms in total. The molecule has 1 aromatic carbocycles. The van der Waals surface area contributed by atoms with Crippen LogP contribution in [0.15, 0.2) is 18.2 Å². The Bertz CT molecular complexity index is 597. The zero-order valence-corrected chi connectivity index (χ0v) is 15.1. The highest BCUT2D eigenvalue weighted by atomic mass is 35.5. The second-order valence-corrected chi connectivity index (χ2v) is 9.30. The quantitative estimate of drug-likeness (QED) is 0.667. The minimum absolute atomic E-state index is 0.340. The van der Waals surface area contributed by atoms with Crippen LogP contribution in [0.2, 0.25) is 10.0 Å². The van der Waals surface area contributed by atoms with Gasteiger partial charge in [-0.3, -0.25) is 9.05 Å². The summed E-state index contributed by atoms with van der Waals surface area (Å²) in [4.78, 5) is 0. The third-order valence-corrected chi connectivity index (χ3v) is 6.92. The summed E-state index contributed by atoms with van der Waals surface area (Å²) < 4.78 is 26.6. The molecular formula is C15H20Cl2NO3P. The summed E-state index contributed by atoms with van der Waals surface area (Å²) in [5.74, 6) is 0. The fourth-order valence-electron chi connectivity index (χ4n) is 2.93. The van der Waals surface area contributed by atoms with Crippen molar-refractivity contribution in [3.05, 3.63) is 33.8 Å². The Morgan fingerprint density at radius 2 is 1.82 bits per heavy atom. The number of halogens is 2. The first-order valence-corrected chi connectivity index (χ1v) is 9.71. The molecule has 2 atom stereocenters. The number of nitrogens with zero attached hydrogens (tertiary/aromatic N) is 1. The fraction of sp³-hybridized carbons (Fsp3) is 0.600. The molecule has 1 aromatic rings. The lowest BCUT2D eigenvalue weighted by atomic mass is 9.83. The summed E-state index contributed by atoms with van der Waals surface area (Å²) >= 11 is 12.7. The highest BCUT2D eigenvalue weighted by Gasteiger charge is 2.49. The molecule has 0 spiro atoms. The van der Waals surface area contributed by atoms with Crippen LogP contribution in [-0.2, 0) is 13.6 Å². The third-order valence-electron chi connectivity index (χ3n) is 4.24. The molecule has 2 aliphatic rings. The van der Waals surface area contributed by atoms with Gasteiger partial charge in [0.05, 0.1) is 6.61 Å². The Labute approximate surface area is 141 Å². The maximum Gasteiger partial charge on any atom is 0.408 e. The SMILES string of the molecule is CC1(C)COP(=O)(N2CCCC2)OC1c1c(Cl)cccc1Cl. The Hall–Kier alpha value is -0.0900. The maximum atomic E-state index is 13.1. The molecule has 0 amide bonds. The molecule has 7 heteroatoms. The summed E-state index contributed by atoms with van der Waals surface area (Å²) in [7, 11) is -3.29. The smallest absolute Gasteiger partial charge is 0.296 e. The zero-order valence-electron chi connectivity index (χ0n) is 12.7. The van der Waals surface area contributed by atoms with E-state index in [0.717, 1.165) is 25.9 Å². The first-order chi connectivity index (χ1) is 10.3. The van der Waals surface area contributed by atoms with Crippen LogP contribution < -0.4 is 0 Å². The summed E-state index contributed by atoms with van der Waals surface area (Å²) in [6.07, 6.45) is 1.56. The van der Waals surface area contributed by atoms with Crippen molar-refractivity contribution in [3.8, 4) is 0 Å². The van der Waals surface area contributed by atoms with E-state index in [-0.39, 0.29) is 5.41 Å². The minimum Gasteiger partial charge on any atom is -0.296 e. The van der Waals surface area contributed by atoms with Gasteiger partial charge >= 0.3 is 7.75 Å². The molecule has 0 N–H and O–H groups in total. The highest BCUT2D eigenvalue weighted by molar-refractivity contribution is 7.51. The highest BCUT2D eigenvalue weighted by Crippen LogP contribution is 2.64. The van der Waals surface area contributed by atoms with Gasteiger partial charge in [-0.2, -0.15) is 0 Å². The van der Waals surface area contributed by atoms with E-state index in [1.165, 1.54) is 0 Å². The molecule has 0 aliphatic carbocycles. The summed E-state index contributed by atoms with van der Waals surface area (Å²) in [5, 5.41) is 1.06. The van der Waals surface area contributed by atoms with Crippen LogP contribution in [0, 0.1) is 5.41 Å². The van der Waals surface area contributed by atoms with Crippen molar-refractivity contribution in [3.63, 3.8) is 0 Å². The first-order valence-electron chi connectivity index (χ1n) is 7.46. The lowest BCUT2D eigenvalue weighted by Crippen LogP contribution is -2.37. The lowest BCUT2D eigenvalue weighted by Gasteiger charge is -2.44. The van der Waals surface area contributed by atoms with Crippen molar-refractivity contribution in [2.45, 2.75) is 32.8 Å². The predicted molar refractivity (Wildman–Crippen MR) is 88.4 cm³/mol. The van der Waals surface area contributed by atoms with Crippen molar-refractivity contribution in [1.29, 1.82) is 0 Å². The van der Waals surface area contributed by atoms with Gasteiger partial charge in [-0.25, -0.2) is 9.24 Å². The van der Waals surface area contributed by atoms with E-state index in [4.69, 9.17) is 32.2 Å². The van der Waals surface area contributed by atoms with Crippen LogP contribution >= 0.6 is 30.9 Å². The predicted octanol–water partition coefficient (Wildman–Crippen LogP) is 5.31. The largest absolute Gasteiger partial charge is 0.408 e. The molecular weight excluding hydrogens is 344 g/mol. The summed E-state index contributed by atoms with van der Waals surface area (Å²) in [6.45, 7) is 5.82. The molecule has 0 bridgehead atoms. The third kappa shape index (κ3) is 2.98. The first kappa shape index (κ1) is 16.8. The Kier molecular flexibility index (Phi) is 4.63. The molecule has 2 unspecified atom stereocenters. The Morgan fingerprint density at radius 3 is 2.41 bits per heavy atom. The van der Waals surface area contributed by atoms with Crippen LogP contribution in [0.25, 0.3) is 0 Å². The summed E-state index contributed by atoms with van der Waals surface area (Å²) in [6, 6.07) is 5.34. The van der Waals surface area contributed by atoms with Gasteiger partial charge in [0.2, 0.25) is 0 Å². The summed E-state index contributed by atoms with van der Waals surface area (Å²) in [5.41, 5.74) is 0.320. The van der Waals surface area contributed by atoms with E-state index >= 15 is 0 Å². The fourth-order valence-corrected chi connectivity index (χ4v) is 5.81. The molecule has 22 heavy (non-hydrogen) atoms. The van der Waals surface area contributed by atoms with Crippen LogP contribution in [0.1, 0.15) is 38.4 Å². The second-order valence-electron chi connectivity index (χ2n) is 6.51. The van der Waals surface area contributed by atoms with Crippen molar-refractivity contribution < 1.29 is 13.6 Å². The van der Waals surface area contributed by atoms with Crippen molar-refractivity contribution in [2.75, 3.05) is 19.7 Å². The lowest BCUT2D eigenvalue weighted by molar-refractivity contribution is -0.0401. The number of hydrogen-bond donors (Lipinski definition) is 0. The second kappa shape index (κ2) is 6.08. The monoisotopic (exact) mass is 363 g/mol. The Balaban J connectivity index is 1.98. The topological polar surface area (TPSA) is 38.8 Å². The zero-order chi connectivity index (χ0) is 16.0. The van der Waals surface area contributed by atoms with Crippen molar-refractivity contribution >= 4 is 30.9 Å². The van der Waals surface area contributed by atoms with Gasteiger partial charge < -0.3 is 0 Å². The molecule has 2 aliphatic heterocycles. The van der Waals surface area contributed by atoms with Gasteiger partial charge in [0.15, 0.2) is 0 Å². The van der Waals surface area contributed by atoms with Gasteiger partial charge in [-0.15, -0.1) is 0 Å². The van der Waals surface area contributed by atoms with Crippen LogP contribution in [0.4, 0.5) is 0 Å². The van der Waals surface area contributed by atoms with E-state index in [9.17, 15) is 4.57 Å². The van der Waals surface area contributed by atoms with Crippen molar-refractivity contribution in [2.24, 2.45) is 5.41 Å². The molecule has 0 aromatic heterocycles. The molecule has 122 valence electrons. The maximum absolute atomic E-state index is 13.1. The average molecular weight is 364 g/mol. The van der Waals surface area contributed by atoms with E-state index in [0.29, 0.717) is 22.2 Å². The Morgan fingerprint density at radius 1 is 1.23 bits per heavy atom. The van der Waals surface area contributed by atoms with Gasteiger partial charge in [-0.1, -0.05) is 43.1 Å². The van der Waals surface area contributed by atoms with E-state index < -0.39 is 13.9 Å². The molecule has 2 heterocycles. The number of hydrogen-bond acceptors (Lipinski definition) is 3. The standard InChI is InChI=1S/C15H20Cl2NO3P/c1-15(2)10-20-22(19,18-8-3-4-9-18)21-14(15)13-11(16)6-5-7-12(13)17/h5-7,14H,3-4,8-10H2,1-2H3. The van der Waals surface area contributed by atoms with E-state index in [1.54, 1.807) is 18.2 Å². The number of rotatable bonds is 2. The van der Waals surface area contributed by atoms with E-state index in [1.807, 2.05) is 18.5 Å². The van der Waals surface area contributed by atoms with E-state index in [2.05, 4.69) is 0 Å². The van der Waals surface area contributed by atoms with Gasteiger partial charge in [0.1, 0.15) is 6.10 Å². The molecule has 0 saturated carbocycles. The van der Waals surface area contributed by atoms with Gasteiger partial charge in [0.25, 0.3) is 0 Å².